The molecular weight excluding hydrogens is 244 g/mol. The van der Waals surface area contributed by atoms with E-state index < -0.39 is 0 Å². The van der Waals surface area contributed by atoms with Gasteiger partial charge in [0.15, 0.2) is 0 Å². The number of hydrogen-bond donors (Lipinski definition) is 2. The van der Waals surface area contributed by atoms with Gasteiger partial charge in [0, 0.05) is 18.0 Å². The van der Waals surface area contributed by atoms with Crippen LogP contribution in [0.1, 0.15) is 33.1 Å². The molecule has 0 aliphatic rings. The van der Waals surface area contributed by atoms with E-state index in [4.69, 9.17) is 0 Å². The summed E-state index contributed by atoms with van der Waals surface area (Å²) in [4.78, 5) is 14.8. The maximum Gasteiger partial charge on any atom is 0.321 e. The molecule has 18 heavy (non-hydrogen) atoms. The largest absolute Gasteiger partial charge is 0.325 e. The van der Waals surface area contributed by atoms with Crippen molar-refractivity contribution in [3.63, 3.8) is 0 Å². The fourth-order valence-electron chi connectivity index (χ4n) is 1.71. The van der Waals surface area contributed by atoms with Crippen molar-refractivity contribution in [2.45, 2.75) is 38.0 Å². The predicted molar refractivity (Wildman–Crippen MR) is 79.5 cm³/mol. The quantitative estimate of drug-likeness (QED) is 0.749. The van der Waals surface area contributed by atoms with E-state index in [0.717, 1.165) is 42.9 Å². The van der Waals surface area contributed by atoms with Crippen LogP contribution in [0.25, 0.3) is 0 Å². The van der Waals surface area contributed by atoms with Crippen molar-refractivity contribution >= 4 is 24.3 Å². The first-order valence-electron chi connectivity index (χ1n) is 6.53. The molecule has 1 N–H and O–H groups in total. The average molecular weight is 266 g/mol. The molecule has 1 aromatic rings. The van der Waals surface area contributed by atoms with Crippen molar-refractivity contribution in [1.29, 1.82) is 0 Å². The van der Waals surface area contributed by atoms with Gasteiger partial charge in [-0.05, 0) is 25.0 Å². The molecule has 0 saturated carbocycles. The van der Waals surface area contributed by atoms with Crippen molar-refractivity contribution in [2.75, 3.05) is 18.4 Å². The van der Waals surface area contributed by atoms with Gasteiger partial charge in [-0.15, -0.1) is 12.6 Å². The molecule has 0 saturated heterocycles. The standard InChI is InChI=1S/C14H22N2OS/c1-3-5-11-16(10-4-2)14(17)15-12-8-6-7-9-13(12)18/h6-9,18H,3-5,10-11H2,1-2H3,(H,15,17). The highest BCUT2D eigenvalue weighted by atomic mass is 32.1. The predicted octanol–water partition coefficient (Wildman–Crippen LogP) is 4.02. The number of thiol groups is 1. The van der Waals surface area contributed by atoms with Crippen molar-refractivity contribution < 1.29 is 4.79 Å². The molecule has 1 aromatic carbocycles. The zero-order valence-electron chi connectivity index (χ0n) is 11.1. The van der Waals surface area contributed by atoms with Gasteiger partial charge in [0.2, 0.25) is 0 Å². The monoisotopic (exact) mass is 266 g/mol. The smallest absolute Gasteiger partial charge is 0.321 e. The van der Waals surface area contributed by atoms with E-state index in [-0.39, 0.29) is 6.03 Å². The third-order valence-electron chi connectivity index (χ3n) is 2.71. The van der Waals surface area contributed by atoms with Gasteiger partial charge in [-0.25, -0.2) is 4.79 Å². The molecule has 0 radical (unpaired) electrons. The number of nitrogens with zero attached hydrogens (tertiary/aromatic N) is 1. The summed E-state index contributed by atoms with van der Waals surface area (Å²) in [5.74, 6) is 0. The first kappa shape index (κ1) is 14.9. The van der Waals surface area contributed by atoms with Gasteiger partial charge in [0.1, 0.15) is 0 Å². The topological polar surface area (TPSA) is 32.3 Å². The molecule has 0 aliphatic carbocycles. The maximum absolute atomic E-state index is 12.1. The molecule has 0 aliphatic heterocycles. The second kappa shape index (κ2) is 8.03. The number of carbonyl (C=O) groups is 1. The van der Waals surface area contributed by atoms with Crippen LogP contribution in [0.15, 0.2) is 29.2 Å². The normalized spacial score (nSPS) is 10.2. The second-order valence-corrected chi connectivity index (χ2v) is 4.77. The summed E-state index contributed by atoms with van der Waals surface area (Å²) in [5.41, 5.74) is 0.767. The summed E-state index contributed by atoms with van der Waals surface area (Å²) in [6, 6.07) is 7.50. The molecule has 4 heteroatoms. The van der Waals surface area contributed by atoms with Crippen LogP contribution in [0.5, 0.6) is 0 Å². The average Bonchev–Trinajstić information content (AvgIpc) is 2.37. The minimum atomic E-state index is -0.0354. The van der Waals surface area contributed by atoms with Crippen LogP contribution in [-0.4, -0.2) is 24.0 Å². The Kier molecular flexibility index (Phi) is 6.65. The third-order valence-corrected chi connectivity index (χ3v) is 3.10. The summed E-state index contributed by atoms with van der Waals surface area (Å²) in [6.07, 6.45) is 3.10. The van der Waals surface area contributed by atoms with E-state index in [0.29, 0.717) is 0 Å². The van der Waals surface area contributed by atoms with E-state index in [1.165, 1.54) is 0 Å². The molecule has 3 nitrogen and oxygen atoms in total. The Morgan fingerprint density at radius 3 is 2.56 bits per heavy atom. The van der Waals surface area contributed by atoms with Crippen LogP contribution >= 0.6 is 12.6 Å². The minimum Gasteiger partial charge on any atom is -0.325 e. The highest BCUT2D eigenvalue weighted by Gasteiger charge is 2.12. The van der Waals surface area contributed by atoms with Crippen LogP contribution in [-0.2, 0) is 0 Å². The zero-order valence-corrected chi connectivity index (χ0v) is 12.0. The Morgan fingerprint density at radius 2 is 1.94 bits per heavy atom. The molecule has 100 valence electrons. The highest BCUT2D eigenvalue weighted by molar-refractivity contribution is 7.80. The van der Waals surface area contributed by atoms with Crippen molar-refractivity contribution in [3.05, 3.63) is 24.3 Å². The van der Waals surface area contributed by atoms with Crippen molar-refractivity contribution in [3.8, 4) is 0 Å². The Morgan fingerprint density at radius 1 is 1.22 bits per heavy atom. The number of unbranched alkanes of at least 4 members (excludes halogenated alkanes) is 1. The molecule has 1 rings (SSSR count). The highest BCUT2D eigenvalue weighted by Crippen LogP contribution is 2.19. The molecule has 0 fully saturated rings. The summed E-state index contributed by atoms with van der Waals surface area (Å²) < 4.78 is 0. The van der Waals surface area contributed by atoms with Gasteiger partial charge in [0.25, 0.3) is 0 Å². The van der Waals surface area contributed by atoms with Crippen molar-refractivity contribution in [2.24, 2.45) is 0 Å². The number of benzene rings is 1. The number of urea groups is 1. The summed E-state index contributed by atoms with van der Waals surface area (Å²) >= 11 is 4.33. The Labute approximate surface area is 115 Å². The molecule has 0 heterocycles. The lowest BCUT2D eigenvalue weighted by Gasteiger charge is -2.22. The summed E-state index contributed by atoms with van der Waals surface area (Å²) in [7, 11) is 0. The summed E-state index contributed by atoms with van der Waals surface area (Å²) in [6.45, 7) is 5.81. The molecule has 2 amide bonds. The number of anilines is 1. The van der Waals surface area contributed by atoms with Crippen LogP contribution < -0.4 is 5.32 Å². The van der Waals surface area contributed by atoms with Gasteiger partial charge in [-0.3, -0.25) is 0 Å². The van der Waals surface area contributed by atoms with Gasteiger partial charge in [0.05, 0.1) is 5.69 Å². The first-order chi connectivity index (χ1) is 8.69. The lowest BCUT2D eigenvalue weighted by molar-refractivity contribution is 0.210. The van der Waals surface area contributed by atoms with E-state index in [1.54, 1.807) is 0 Å². The van der Waals surface area contributed by atoms with Crippen molar-refractivity contribution in [1.82, 2.24) is 4.90 Å². The summed E-state index contributed by atoms with van der Waals surface area (Å²) in [5, 5.41) is 2.91. The van der Waals surface area contributed by atoms with E-state index in [9.17, 15) is 4.79 Å². The van der Waals surface area contributed by atoms with Gasteiger partial charge in [-0.2, -0.15) is 0 Å². The Hall–Kier alpha value is -1.16. The van der Waals surface area contributed by atoms with Crippen LogP contribution in [0, 0.1) is 0 Å². The van der Waals surface area contributed by atoms with E-state index in [1.807, 2.05) is 29.2 Å². The molecule has 0 spiro atoms. The minimum absolute atomic E-state index is 0.0354. The van der Waals surface area contributed by atoms with E-state index >= 15 is 0 Å². The Bertz CT molecular complexity index is 382. The van der Waals surface area contributed by atoms with Gasteiger partial charge in [-0.1, -0.05) is 32.4 Å². The molecule has 0 bridgehead atoms. The zero-order chi connectivity index (χ0) is 13.4. The number of nitrogens with one attached hydrogen (secondary N) is 1. The number of carbonyl (C=O) groups excluding carboxylic acids is 1. The second-order valence-electron chi connectivity index (χ2n) is 4.29. The molecule has 0 unspecified atom stereocenters. The van der Waals surface area contributed by atoms with Crippen LogP contribution in [0.2, 0.25) is 0 Å². The fourth-order valence-corrected chi connectivity index (χ4v) is 1.92. The van der Waals surface area contributed by atoms with Crippen LogP contribution in [0.3, 0.4) is 0 Å². The van der Waals surface area contributed by atoms with Crippen LogP contribution in [0.4, 0.5) is 10.5 Å². The molecule has 0 aromatic heterocycles. The number of hydrogen-bond acceptors (Lipinski definition) is 2. The lowest BCUT2D eigenvalue weighted by Crippen LogP contribution is -2.36. The number of amides is 2. The van der Waals surface area contributed by atoms with E-state index in [2.05, 4.69) is 31.8 Å². The fraction of sp³-hybridized carbons (Fsp3) is 0.500. The molecular formula is C14H22N2OS. The lowest BCUT2D eigenvalue weighted by atomic mass is 10.3. The van der Waals surface area contributed by atoms with Gasteiger partial charge >= 0.3 is 6.03 Å². The molecule has 0 atom stereocenters. The third kappa shape index (κ3) is 4.61. The Balaban J connectivity index is 2.63. The maximum atomic E-state index is 12.1. The first-order valence-corrected chi connectivity index (χ1v) is 6.97. The van der Waals surface area contributed by atoms with Gasteiger partial charge < -0.3 is 10.2 Å². The SMILES string of the molecule is CCCCN(CCC)C(=O)Nc1ccccc1S. The number of para-hydroxylation sites is 1. The number of rotatable bonds is 6.